The van der Waals surface area contributed by atoms with Gasteiger partial charge in [0.05, 0.1) is 10.7 Å². The minimum atomic E-state index is -0.821. The molecule has 8 heteroatoms. The number of rotatable bonds is 4. The van der Waals surface area contributed by atoms with Crippen molar-refractivity contribution in [2.24, 2.45) is 0 Å². The molecule has 1 aromatic rings. The maximum atomic E-state index is 11.0. The van der Waals surface area contributed by atoms with Crippen molar-refractivity contribution in [1.29, 1.82) is 0 Å². The van der Waals surface area contributed by atoms with E-state index in [1.54, 1.807) is 23.5 Å². The summed E-state index contributed by atoms with van der Waals surface area (Å²) in [6.07, 6.45) is 0. The molecule has 6 nitrogen and oxygen atoms in total. The van der Waals surface area contributed by atoms with Crippen molar-refractivity contribution in [3.63, 3.8) is 0 Å². The van der Waals surface area contributed by atoms with Crippen molar-refractivity contribution in [3.8, 4) is 0 Å². The van der Waals surface area contributed by atoms with Crippen LogP contribution in [0.5, 0.6) is 0 Å². The van der Waals surface area contributed by atoms with E-state index in [1.165, 1.54) is 0 Å². The molecule has 0 amide bonds. The van der Waals surface area contributed by atoms with Gasteiger partial charge in [-0.2, -0.15) is 0 Å². The molecule has 0 unspecified atom stereocenters. The van der Waals surface area contributed by atoms with Gasteiger partial charge in [0.2, 0.25) is 0 Å². The van der Waals surface area contributed by atoms with Crippen molar-refractivity contribution in [2.45, 2.75) is 22.8 Å². The van der Waals surface area contributed by atoms with Gasteiger partial charge in [0.15, 0.2) is 0 Å². The Morgan fingerprint density at radius 3 is 1.50 bits per heavy atom. The third-order valence-corrected chi connectivity index (χ3v) is 6.24. The summed E-state index contributed by atoms with van der Waals surface area (Å²) >= 11 is 3.17. The average Bonchev–Trinajstić information content (AvgIpc) is 3.17. The van der Waals surface area contributed by atoms with Gasteiger partial charge in [-0.3, -0.25) is 20.2 Å². The zero-order valence-corrected chi connectivity index (χ0v) is 13.2. The van der Waals surface area contributed by atoms with Crippen LogP contribution >= 0.6 is 23.5 Å². The second-order valence-corrected chi connectivity index (χ2v) is 7.48. The molecule has 4 atom stereocenters. The highest BCUT2D eigenvalue weighted by atomic mass is 32.2. The smallest absolute Gasteiger partial charge is 0.321 e. The van der Waals surface area contributed by atoms with Crippen molar-refractivity contribution >= 4 is 35.5 Å². The molecule has 118 valence electrons. The van der Waals surface area contributed by atoms with Gasteiger partial charge in [-0.25, -0.2) is 0 Å². The van der Waals surface area contributed by atoms with Crippen LogP contribution in [0.2, 0.25) is 0 Å². The lowest BCUT2D eigenvalue weighted by atomic mass is 10.1. The lowest BCUT2D eigenvalue weighted by Crippen LogP contribution is -2.34. The summed E-state index contributed by atoms with van der Waals surface area (Å²) in [6.45, 7) is 0. The minimum Gasteiger partial charge on any atom is -0.480 e. The zero-order chi connectivity index (χ0) is 15.7. The molecule has 0 spiro atoms. The number of hydrogen-bond donors (Lipinski definition) is 4. The molecule has 1 aromatic carbocycles. The van der Waals surface area contributed by atoms with Crippen LogP contribution in [0.15, 0.2) is 24.3 Å². The molecule has 0 radical (unpaired) electrons. The number of thioether (sulfide) groups is 2. The number of nitrogens with one attached hydrogen (secondary N) is 2. The first kappa shape index (κ1) is 15.7. The standard InChI is InChI=1S/C14H16N2O4S2/c17-13(18)9-5-21-11(15-9)7-1-2-8(4-3-7)12-16-10(6-22-12)14(19)20/h1-4,9-12,15-16H,5-6H2,(H,17,18)(H,19,20)/t9-,10+,11-,12-/m0/s1. The Hall–Kier alpha value is -1.22. The van der Waals surface area contributed by atoms with E-state index in [1.807, 2.05) is 24.3 Å². The Bertz CT molecular complexity index is 530. The zero-order valence-electron chi connectivity index (χ0n) is 11.6. The largest absolute Gasteiger partial charge is 0.480 e. The summed E-state index contributed by atoms with van der Waals surface area (Å²) in [5.74, 6) is -0.528. The lowest BCUT2D eigenvalue weighted by Gasteiger charge is -2.15. The Morgan fingerprint density at radius 2 is 1.23 bits per heavy atom. The van der Waals surface area contributed by atoms with Gasteiger partial charge in [0.1, 0.15) is 12.1 Å². The van der Waals surface area contributed by atoms with Crippen LogP contribution in [-0.4, -0.2) is 45.7 Å². The maximum Gasteiger partial charge on any atom is 0.321 e. The van der Waals surface area contributed by atoms with E-state index in [4.69, 9.17) is 10.2 Å². The molecule has 4 N–H and O–H groups in total. The second kappa shape index (κ2) is 6.49. The predicted molar refractivity (Wildman–Crippen MR) is 86.0 cm³/mol. The summed E-state index contributed by atoms with van der Waals surface area (Å²) < 4.78 is 0. The van der Waals surface area contributed by atoms with Crippen LogP contribution in [0.1, 0.15) is 21.9 Å². The van der Waals surface area contributed by atoms with Gasteiger partial charge in [-0.05, 0) is 11.1 Å². The molecule has 0 aliphatic carbocycles. The summed E-state index contributed by atoms with van der Waals surface area (Å²) in [5, 5.41) is 24.1. The topological polar surface area (TPSA) is 98.7 Å². The quantitative estimate of drug-likeness (QED) is 0.650. The molecule has 2 aliphatic rings. The molecule has 3 rings (SSSR count). The number of carbonyl (C=O) groups is 2. The molecule has 22 heavy (non-hydrogen) atoms. The summed E-state index contributed by atoms with van der Waals surface area (Å²) in [7, 11) is 0. The van der Waals surface area contributed by atoms with Crippen LogP contribution in [0.3, 0.4) is 0 Å². The predicted octanol–water partition coefficient (Wildman–Crippen LogP) is 1.26. The first-order valence-corrected chi connectivity index (χ1v) is 8.95. The van der Waals surface area contributed by atoms with E-state index in [-0.39, 0.29) is 10.7 Å². The maximum absolute atomic E-state index is 11.0. The van der Waals surface area contributed by atoms with Crippen LogP contribution in [0.25, 0.3) is 0 Å². The summed E-state index contributed by atoms with van der Waals surface area (Å²) in [4.78, 5) is 21.9. The third kappa shape index (κ3) is 3.24. The molecule has 2 saturated heterocycles. The summed E-state index contributed by atoms with van der Waals surface area (Å²) in [5.41, 5.74) is 2.07. The Labute approximate surface area is 136 Å². The molecular weight excluding hydrogens is 324 g/mol. The van der Waals surface area contributed by atoms with E-state index >= 15 is 0 Å². The normalized spacial score (nSPS) is 31.3. The van der Waals surface area contributed by atoms with Gasteiger partial charge in [0.25, 0.3) is 0 Å². The van der Waals surface area contributed by atoms with E-state index in [0.29, 0.717) is 11.5 Å². The highest BCUT2D eigenvalue weighted by Gasteiger charge is 2.32. The monoisotopic (exact) mass is 340 g/mol. The molecule has 2 fully saturated rings. The molecule has 0 aromatic heterocycles. The molecule has 2 aliphatic heterocycles. The van der Waals surface area contributed by atoms with Crippen molar-refractivity contribution < 1.29 is 19.8 Å². The Kier molecular flexibility index (Phi) is 4.62. The Morgan fingerprint density at radius 1 is 0.864 bits per heavy atom. The molecular formula is C14H16N2O4S2. The van der Waals surface area contributed by atoms with Gasteiger partial charge < -0.3 is 10.2 Å². The van der Waals surface area contributed by atoms with Crippen molar-refractivity contribution in [3.05, 3.63) is 35.4 Å². The first-order valence-electron chi connectivity index (χ1n) is 6.85. The van der Waals surface area contributed by atoms with Gasteiger partial charge >= 0.3 is 11.9 Å². The van der Waals surface area contributed by atoms with Gasteiger partial charge in [0, 0.05) is 11.5 Å². The lowest BCUT2D eigenvalue weighted by molar-refractivity contribution is -0.139. The number of benzene rings is 1. The number of carboxylic acid groups (broad SMARTS) is 2. The SMILES string of the molecule is O=C(O)[C@@H]1CS[C@@H](c2ccc([C@H]3N[C@@H](C(=O)O)CS3)cc2)N1. The minimum absolute atomic E-state index is 0.00823. The number of aliphatic carboxylic acids is 2. The van der Waals surface area contributed by atoms with Crippen LogP contribution in [-0.2, 0) is 9.59 Å². The van der Waals surface area contributed by atoms with Crippen molar-refractivity contribution in [2.75, 3.05) is 11.5 Å². The van der Waals surface area contributed by atoms with Crippen LogP contribution in [0, 0.1) is 0 Å². The molecule has 0 saturated carbocycles. The van der Waals surface area contributed by atoms with Crippen molar-refractivity contribution in [1.82, 2.24) is 10.6 Å². The van der Waals surface area contributed by atoms with E-state index in [0.717, 1.165) is 11.1 Å². The van der Waals surface area contributed by atoms with E-state index in [2.05, 4.69) is 10.6 Å². The second-order valence-electron chi connectivity index (χ2n) is 5.21. The average molecular weight is 340 g/mol. The number of carboxylic acids is 2. The van der Waals surface area contributed by atoms with E-state index in [9.17, 15) is 9.59 Å². The Balaban J connectivity index is 1.64. The first-order chi connectivity index (χ1) is 10.5. The van der Waals surface area contributed by atoms with Gasteiger partial charge in [-0.1, -0.05) is 24.3 Å². The van der Waals surface area contributed by atoms with Crippen LogP contribution in [0.4, 0.5) is 0 Å². The molecule has 2 heterocycles. The fourth-order valence-electron chi connectivity index (χ4n) is 2.46. The van der Waals surface area contributed by atoms with E-state index < -0.39 is 24.0 Å². The third-order valence-electron chi connectivity index (χ3n) is 3.70. The fourth-order valence-corrected chi connectivity index (χ4v) is 4.93. The van der Waals surface area contributed by atoms with Crippen LogP contribution < -0.4 is 10.6 Å². The number of hydrogen-bond acceptors (Lipinski definition) is 6. The highest BCUT2D eigenvalue weighted by Crippen LogP contribution is 2.36. The summed E-state index contributed by atoms with van der Waals surface area (Å²) in [6, 6.07) is 6.89. The molecule has 0 bridgehead atoms. The fraction of sp³-hybridized carbons (Fsp3) is 0.429. The van der Waals surface area contributed by atoms with Gasteiger partial charge in [-0.15, -0.1) is 23.5 Å². The highest BCUT2D eigenvalue weighted by molar-refractivity contribution is 8.00.